The molecule has 2 aromatic rings. The maximum atomic E-state index is 11.0. The van der Waals surface area contributed by atoms with E-state index in [2.05, 4.69) is 16.0 Å². The molecule has 0 saturated carbocycles. The number of nitrogens with one attached hydrogen (secondary N) is 3. The van der Waals surface area contributed by atoms with Crippen molar-refractivity contribution in [2.75, 3.05) is 31.6 Å². The highest BCUT2D eigenvalue weighted by Crippen LogP contribution is 2.19. The van der Waals surface area contributed by atoms with E-state index in [4.69, 9.17) is 9.47 Å². The van der Waals surface area contributed by atoms with Gasteiger partial charge in [0.2, 0.25) is 11.8 Å². The van der Waals surface area contributed by atoms with E-state index in [0.717, 1.165) is 16.8 Å². The molecule has 0 saturated heterocycles. The fourth-order valence-electron chi connectivity index (χ4n) is 2.80. The second kappa shape index (κ2) is 12.6. The fourth-order valence-corrected chi connectivity index (χ4v) is 2.80. The Hall–Kier alpha value is -3.10. The van der Waals surface area contributed by atoms with E-state index in [1.165, 1.54) is 13.8 Å². The maximum Gasteiger partial charge on any atom is 0.221 e. The average molecular weight is 430 g/mol. The van der Waals surface area contributed by atoms with Gasteiger partial charge in [0.15, 0.2) is 0 Å². The van der Waals surface area contributed by atoms with Gasteiger partial charge in [-0.15, -0.1) is 0 Å². The molecule has 8 nitrogen and oxygen atoms in total. The molecule has 1 atom stereocenters. The van der Waals surface area contributed by atoms with Crippen LogP contribution < -0.4 is 25.4 Å². The van der Waals surface area contributed by atoms with Gasteiger partial charge in [-0.25, -0.2) is 0 Å². The van der Waals surface area contributed by atoms with E-state index in [1.807, 2.05) is 25.1 Å². The minimum atomic E-state index is -0.657. The molecule has 0 aromatic heterocycles. The molecule has 0 spiro atoms. The Morgan fingerprint density at radius 2 is 1.77 bits per heavy atom. The van der Waals surface area contributed by atoms with Gasteiger partial charge >= 0.3 is 0 Å². The van der Waals surface area contributed by atoms with Crippen LogP contribution in [0, 0.1) is 6.92 Å². The van der Waals surface area contributed by atoms with Crippen LogP contribution in [0.15, 0.2) is 42.5 Å². The molecule has 0 fully saturated rings. The summed E-state index contributed by atoms with van der Waals surface area (Å²) >= 11 is 0. The lowest BCUT2D eigenvalue weighted by Crippen LogP contribution is -2.33. The molecule has 0 aliphatic heterocycles. The zero-order chi connectivity index (χ0) is 22.6. The summed E-state index contributed by atoms with van der Waals surface area (Å²) in [5.41, 5.74) is 2.66. The van der Waals surface area contributed by atoms with Gasteiger partial charge in [0.05, 0.1) is 0 Å². The third kappa shape index (κ3) is 9.50. The lowest BCUT2D eigenvalue weighted by Gasteiger charge is -2.15. The van der Waals surface area contributed by atoms with E-state index in [9.17, 15) is 14.7 Å². The normalized spacial score (nSPS) is 11.5. The number of aryl methyl sites for hydroxylation is 1. The number of rotatable bonds is 12. The van der Waals surface area contributed by atoms with Crippen molar-refractivity contribution in [1.29, 1.82) is 0 Å². The Morgan fingerprint density at radius 3 is 2.42 bits per heavy atom. The number of hydrogen-bond acceptors (Lipinski definition) is 6. The fraction of sp³-hybridized carbons (Fsp3) is 0.391. The highest BCUT2D eigenvalue weighted by atomic mass is 16.5. The first kappa shape index (κ1) is 24.2. The SMILES string of the molecule is CC(=O)NCc1ccc(OCC(O)CNCCOc2ccc(NC(C)=O)cc2)c(C)c1. The van der Waals surface area contributed by atoms with Gasteiger partial charge < -0.3 is 30.5 Å². The number of aliphatic hydroxyl groups excluding tert-OH is 1. The molecular weight excluding hydrogens is 398 g/mol. The van der Waals surface area contributed by atoms with Gasteiger partial charge in [-0.2, -0.15) is 0 Å². The summed E-state index contributed by atoms with van der Waals surface area (Å²) in [4.78, 5) is 22.0. The summed E-state index contributed by atoms with van der Waals surface area (Å²) in [6.07, 6.45) is -0.657. The van der Waals surface area contributed by atoms with Crippen LogP contribution in [0.5, 0.6) is 11.5 Å². The molecule has 0 bridgehead atoms. The first-order valence-corrected chi connectivity index (χ1v) is 10.2. The quantitative estimate of drug-likeness (QED) is 0.384. The van der Waals surface area contributed by atoms with E-state index < -0.39 is 6.10 Å². The highest BCUT2D eigenvalue weighted by Gasteiger charge is 2.07. The van der Waals surface area contributed by atoms with Crippen LogP contribution in [-0.4, -0.2) is 49.3 Å². The summed E-state index contributed by atoms with van der Waals surface area (Å²) in [5, 5.41) is 18.7. The van der Waals surface area contributed by atoms with Crippen molar-refractivity contribution in [3.63, 3.8) is 0 Å². The van der Waals surface area contributed by atoms with Gasteiger partial charge in [-0.3, -0.25) is 9.59 Å². The molecular formula is C23H31N3O5. The maximum absolute atomic E-state index is 11.0. The van der Waals surface area contributed by atoms with Gasteiger partial charge in [-0.05, 0) is 48.4 Å². The molecule has 1 unspecified atom stereocenters. The van der Waals surface area contributed by atoms with Crippen LogP contribution in [0.3, 0.4) is 0 Å². The molecule has 0 aliphatic rings. The molecule has 8 heteroatoms. The van der Waals surface area contributed by atoms with Crippen molar-refractivity contribution in [3.8, 4) is 11.5 Å². The third-order valence-electron chi connectivity index (χ3n) is 4.31. The Kier molecular flexibility index (Phi) is 9.80. The minimum Gasteiger partial charge on any atom is -0.492 e. The number of ether oxygens (including phenoxy) is 2. The monoisotopic (exact) mass is 429 g/mol. The van der Waals surface area contributed by atoms with E-state index in [-0.39, 0.29) is 18.4 Å². The van der Waals surface area contributed by atoms with Gasteiger partial charge in [0.25, 0.3) is 0 Å². The lowest BCUT2D eigenvalue weighted by atomic mass is 10.1. The number of anilines is 1. The molecule has 2 rings (SSSR count). The van der Waals surface area contributed by atoms with Crippen molar-refractivity contribution >= 4 is 17.5 Å². The first-order valence-electron chi connectivity index (χ1n) is 10.2. The Labute approximate surface area is 182 Å². The molecule has 4 N–H and O–H groups in total. The summed E-state index contributed by atoms with van der Waals surface area (Å²) in [6.45, 7) is 6.92. The Morgan fingerprint density at radius 1 is 1.03 bits per heavy atom. The largest absolute Gasteiger partial charge is 0.492 e. The van der Waals surface area contributed by atoms with Crippen LogP contribution in [-0.2, 0) is 16.1 Å². The predicted octanol–water partition coefficient (Wildman–Crippen LogP) is 2.00. The van der Waals surface area contributed by atoms with E-state index >= 15 is 0 Å². The smallest absolute Gasteiger partial charge is 0.221 e. The molecule has 168 valence electrons. The number of carbonyl (C=O) groups excluding carboxylic acids is 2. The molecule has 2 aromatic carbocycles. The van der Waals surface area contributed by atoms with E-state index in [1.54, 1.807) is 24.3 Å². The first-order chi connectivity index (χ1) is 14.8. The molecule has 31 heavy (non-hydrogen) atoms. The second-order valence-corrected chi connectivity index (χ2v) is 7.23. The summed E-state index contributed by atoms with van der Waals surface area (Å²) < 4.78 is 11.3. The van der Waals surface area contributed by atoms with Crippen molar-refractivity contribution in [2.45, 2.75) is 33.4 Å². The predicted molar refractivity (Wildman–Crippen MR) is 119 cm³/mol. The van der Waals surface area contributed by atoms with Gasteiger partial charge in [-0.1, -0.05) is 12.1 Å². The average Bonchev–Trinajstić information content (AvgIpc) is 2.72. The highest BCUT2D eigenvalue weighted by molar-refractivity contribution is 5.88. The third-order valence-corrected chi connectivity index (χ3v) is 4.31. The second-order valence-electron chi connectivity index (χ2n) is 7.23. The number of amides is 2. The van der Waals surface area contributed by atoms with Crippen molar-refractivity contribution in [2.24, 2.45) is 0 Å². The van der Waals surface area contributed by atoms with Crippen LogP contribution in [0.25, 0.3) is 0 Å². The Balaban J connectivity index is 1.62. The Bertz CT molecular complexity index is 855. The standard InChI is InChI=1S/C23H31N3O5/c1-16-12-19(13-25-17(2)27)4-9-23(16)31-15-21(29)14-24-10-11-30-22-7-5-20(6-8-22)26-18(3)28/h4-9,12,21,24,29H,10-11,13-15H2,1-3H3,(H,25,27)(H,26,28). The number of aliphatic hydroxyl groups is 1. The van der Waals surface area contributed by atoms with Crippen molar-refractivity contribution in [3.05, 3.63) is 53.6 Å². The molecule has 0 heterocycles. The summed E-state index contributed by atoms with van der Waals surface area (Å²) in [5.74, 6) is 1.22. The molecule has 2 amide bonds. The zero-order valence-corrected chi connectivity index (χ0v) is 18.2. The molecule has 0 aliphatic carbocycles. The lowest BCUT2D eigenvalue weighted by molar-refractivity contribution is -0.119. The molecule has 0 radical (unpaired) electrons. The number of carbonyl (C=O) groups is 2. The van der Waals surface area contributed by atoms with Crippen LogP contribution >= 0.6 is 0 Å². The zero-order valence-electron chi connectivity index (χ0n) is 18.2. The van der Waals surface area contributed by atoms with Gasteiger partial charge in [0.1, 0.15) is 30.8 Å². The van der Waals surface area contributed by atoms with Crippen molar-refractivity contribution < 1.29 is 24.2 Å². The van der Waals surface area contributed by atoms with Crippen LogP contribution in [0.2, 0.25) is 0 Å². The minimum absolute atomic E-state index is 0.0705. The van der Waals surface area contributed by atoms with Gasteiger partial charge in [0, 0.05) is 39.2 Å². The van der Waals surface area contributed by atoms with Crippen molar-refractivity contribution in [1.82, 2.24) is 10.6 Å². The number of hydrogen-bond donors (Lipinski definition) is 4. The van der Waals surface area contributed by atoms with E-state index in [0.29, 0.717) is 37.7 Å². The number of benzene rings is 2. The van der Waals surface area contributed by atoms with Crippen LogP contribution in [0.1, 0.15) is 25.0 Å². The topological polar surface area (TPSA) is 109 Å². The van der Waals surface area contributed by atoms with Crippen LogP contribution in [0.4, 0.5) is 5.69 Å². The summed E-state index contributed by atoms with van der Waals surface area (Å²) in [6, 6.07) is 12.8. The summed E-state index contributed by atoms with van der Waals surface area (Å²) in [7, 11) is 0.